The fourth-order valence-corrected chi connectivity index (χ4v) is 4.10. The molecule has 2 aromatic rings. The molecule has 0 fully saturated rings. The van der Waals surface area contributed by atoms with Crippen molar-refractivity contribution in [2.75, 3.05) is 27.4 Å². The molecule has 0 bridgehead atoms. The van der Waals surface area contributed by atoms with E-state index in [1.54, 1.807) is 61.6 Å². The molecule has 0 N–H and O–H groups in total. The van der Waals surface area contributed by atoms with Crippen molar-refractivity contribution >= 4 is 29.3 Å². The molecule has 8 heteroatoms. The van der Waals surface area contributed by atoms with Gasteiger partial charge in [-0.15, -0.1) is 0 Å². The first-order chi connectivity index (χ1) is 15.2. The molecule has 1 amide bonds. The van der Waals surface area contributed by atoms with Crippen molar-refractivity contribution in [1.82, 2.24) is 9.47 Å². The lowest BCUT2D eigenvalue weighted by Crippen LogP contribution is -2.44. The van der Waals surface area contributed by atoms with Crippen LogP contribution in [0.4, 0.5) is 0 Å². The minimum atomic E-state index is -0.745. The number of ketones is 1. The third-order valence-electron chi connectivity index (χ3n) is 5.65. The molecule has 0 saturated carbocycles. The quantitative estimate of drug-likeness (QED) is 0.298. The fourth-order valence-electron chi connectivity index (χ4n) is 3.97. The normalized spacial score (nSPS) is 11.8. The zero-order chi connectivity index (χ0) is 24.0. The lowest BCUT2D eigenvalue weighted by Gasteiger charge is -2.29. The third kappa shape index (κ3) is 5.22. The van der Waals surface area contributed by atoms with Gasteiger partial charge in [0.2, 0.25) is 0 Å². The second-order valence-electron chi connectivity index (χ2n) is 7.56. The van der Waals surface area contributed by atoms with E-state index < -0.39 is 12.0 Å². The van der Waals surface area contributed by atoms with Crippen LogP contribution in [0.2, 0.25) is 5.02 Å². The van der Waals surface area contributed by atoms with Gasteiger partial charge in [0, 0.05) is 48.6 Å². The maximum absolute atomic E-state index is 13.6. The van der Waals surface area contributed by atoms with Crippen molar-refractivity contribution < 1.29 is 23.9 Å². The number of carbonyl (C=O) groups excluding carboxylic acids is 3. The molecule has 1 heterocycles. The van der Waals surface area contributed by atoms with E-state index in [0.717, 1.165) is 0 Å². The Balaban J connectivity index is 2.47. The van der Waals surface area contributed by atoms with Gasteiger partial charge in [-0.25, -0.2) is 4.79 Å². The predicted octanol–water partition coefficient (Wildman–Crippen LogP) is 4.31. The molecule has 32 heavy (non-hydrogen) atoms. The van der Waals surface area contributed by atoms with Gasteiger partial charge in [-0.3, -0.25) is 9.59 Å². The summed E-state index contributed by atoms with van der Waals surface area (Å²) in [6.45, 7) is 8.47. The van der Waals surface area contributed by atoms with Gasteiger partial charge in [0.15, 0.2) is 5.78 Å². The van der Waals surface area contributed by atoms with E-state index in [0.29, 0.717) is 59.2 Å². The Kier molecular flexibility index (Phi) is 9.04. The van der Waals surface area contributed by atoms with Crippen LogP contribution >= 0.6 is 11.6 Å². The number of benzene rings is 1. The highest BCUT2D eigenvalue weighted by molar-refractivity contribution is 6.30. The van der Waals surface area contributed by atoms with Gasteiger partial charge in [0.05, 0.1) is 13.2 Å². The molecule has 0 aliphatic carbocycles. The summed E-state index contributed by atoms with van der Waals surface area (Å²) in [5.41, 5.74) is 2.49. The Morgan fingerprint density at radius 3 is 2.28 bits per heavy atom. The van der Waals surface area contributed by atoms with Gasteiger partial charge >= 0.3 is 5.97 Å². The van der Waals surface area contributed by atoms with Crippen molar-refractivity contribution in [2.24, 2.45) is 0 Å². The number of Topliss-reactive ketones (excluding diaryl/α,β-unsaturated/α-hetero) is 1. The number of rotatable bonds is 10. The van der Waals surface area contributed by atoms with Gasteiger partial charge in [-0.2, -0.15) is 0 Å². The summed E-state index contributed by atoms with van der Waals surface area (Å²) >= 11 is 5.96. The van der Waals surface area contributed by atoms with Crippen LogP contribution in [0.5, 0.6) is 0 Å². The highest BCUT2D eigenvalue weighted by Gasteiger charge is 2.33. The van der Waals surface area contributed by atoms with Gasteiger partial charge in [0.1, 0.15) is 5.69 Å². The van der Waals surface area contributed by atoms with Gasteiger partial charge < -0.3 is 18.9 Å². The lowest BCUT2D eigenvalue weighted by molar-refractivity contribution is 0.0585. The minimum absolute atomic E-state index is 0.225. The average molecular weight is 463 g/mol. The number of hydrogen-bond acceptors (Lipinski definition) is 5. The van der Waals surface area contributed by atoms with Crippen LogP contribution in [0, 0.1) is 13.8 Å². The van der Waals surface area contributed by atoms with Crippen LogP contribution in [0.15, 0.2) is 24.3 Å². The van der Waals surface area contributed by atoms with Crippen LogP contribution in [-0.4, -0.2) is 60.5 Å². The molecule has 0 spiro atoms. The number of esters is 1. The maximum Gasteiger partial charge on any atom is 0.354 e. The molecule has 7 nitrogen and oxygen atoms in total. The van der Waals surface area contributed by atoms with E-state index in [4.69, 9.17) is 21.1 Å². The molecule has 1 aromatic carbocycles. The summed E-state index contributed by atoms with van der Waals surface area (Å²) in [5.74, 6) is -0.984. The standard InChI is InChI=1S/C24H31ClN2O5/c1-7-26-16(3)20(15(2)21(26)24(30)32-6)22(28)17(4)27(13-8-14-31-5)23(29)18-9-11-19(25)12-10-18/h9-12,17H,7-8,13-14H2,1-6H3. The van der Waals surface area contributed by atoms with E-state index in [9.17, 15) is 14.4 Å². The van der Waals surface area contributed by atoms with E-state index >= 15 is 0 Å². The van der Waals surface area contributed by atoms with E-state index in [1.807, 2.05) is 6.92 Å². The zero-order valence-electron chi connectivity index (χ0n) is 19.5. The van der Waals surface area contributed by atoms with Crippen LogP contribution < -0.4 is 0 Å². The largest absolute Gasteiger partial charge is 0.464 e. The Labute approximate surface area is 194 Å². The number of aromatic nitrogens is 1. The van der Waals surface area contributed by atoms with E-state index in [1.165, 1.54) is 7.11 Å². The smallest absolute Gasteiger partial charge is 0.354 e. The molecule has 0 radical (unpaired) electrons. The summed E-state index contributed by atoms with van der Waals surface area (Å²) in [6, 6.07) is 5.83. The van der Waals surface area contributed by atoms with Crippen molar-refractivity contribution in [1.29, 1.82) is 0 Å². The Morgan fingerprint density at radius 1 is 1.12 bits per heavy atom. The van der Waals surface area contributed by atoms with Crippen LogP contribution in [-0.2, 0) is 16.0 Å². The van der Waals surface area contributed by atoms with Crippen molar-refractivity contribution in [2.45, 2.75) is 46.7 Å². The molecule has 174 valence electrons. The summed E-state index contributed by atoms with van der Waals surface area (Å²) in [6.07, 6.45) is 0.578. The van der Waals surface area contributed by atoms with Crippen LogP contribution in [0.3, 0.4) is 0 Å². The number of nitrogens with zero attached hydrogens (tertiary/aromatic N) is 2. The summed E-state index contributed by atoms with van der Waals surface area (Å²) < 4.78 is 11.8. The Bertz CT molecular complexity index is 981. The molecular weight excluding hydrogens is 432 g/mol. The molecule has 0 saturated heterocycles. The Morgan fingerprint density at radius 2 is 1.75 bits per heavy atom. The SMILES string of the molecule is CCn1c(C)c(C(=O)C(C)N(CCCOC)C(=O)c2ccc(Cl)cc2)c(C)c1C(=O)OC. The molecule has 2 rings (SSSR count). The zero-order valence-corrected chi connectivity index (χ0v) is 20.3. The highest BCUT2D eigenvalue weighted by Crippen LogP contribution is 2.26. The van der Waals surface area contributed by atoms with Crippen molar-refractivity contribution in [3.8, 4) is 0 Å². The number of amides is 1. The number of carbonyl (C=O) groups is 3. The fraction of sp³-hybridized carbons (Fsp3) is 0.458. The number of hydrogen-bond donors (Lipinski definition) is 0. The monoisotopic (exact) mass is 462 g/mol. The first-order valence-corrected chi connectivity index (χ1v) is 10.9. The van der Waals surface area contributed by atoms with Crippen molar-refractivity contribution in [3.63, 3.8) is 0 Å². The number of methoxy groups -OCH3 is 2. The second-order valence-corrected chi connectivity index (χ2v) is 8.00. The number of halogens is 1. The minimum Gasteiger partial charge on any atom is -0.464 e. The lowest BCUT2D eigenvalue weighted by atomic mass is 9.99. The molecular formula is C24H31ClN2O5. The average Bonchev–Trinajstić information content (AvgIpc) is 3.04. The van der Waals surface area contributed by atoms with Crippen LogP contribution in [0.1, 0.15) is 62.7 Å². The van der Waals surface area contributed by atoms with Crippen molar-refractivity contribution in [3.05, 3.63) is 57.4 Å². The third-order valence-corrected chi connectivity index (χ3v) is 5.91. The second kappa shape index (κ2) is 11.3. The molecule has 1 aromatic heterocycles. The highest BCUT2D eigenvalue weighted by atomic mass is 35.5. The molecule has 0 aliphatic rings. The molecule has 1 unspecified atom stereocenters. The maximum atomic E-state index is 13.6. The topological polar surface area (TPSA) is 77.8 Å². The van der Waals surface area contributed by atoms with Crippen LogP contribution in [0.25, 0.3) is 0 Å². The summed E-state index contributed by atoms with van der Waals surface area (Å²) in [4.78, 5) is 40.8. The van der Waals surface area contributed by atoms with Gasteiger partial charge in [-0.1, -0.05) is 11.6 Å². The van der Waals surface area contributed by atoms with E-state index in [-0.39, 0.29) is 11.7 Å². The molecule has 1 atom stereocenters. The first kappa shape index (κ1) is 25.6. The van der Waals surface area contributed by atoms with Gasteiger partial charge in [-0.05, 0) is 63.9 Å². The number of ether oxygens (including phenoxy) is 2. The first-order valence-electron chi connectivity index (χ1n) is 10.6. The van der Waals surface area contributed by atoms with E-state index in [2.05, 4.69) is 0 Å². The summed E-state index contributed by atoms with van der Waals surface area (Å²) in [7, 11) is 2.91. The van der Waals surface area contributed by atoms with Gasteiger partial charge in [0.25, 0.3) is 5.91 Å². The molecule has 0 aliphatic heterocycles. The Hall–Kier alpha value is -2.64. The summed E-state index contributed by atoms with van der Waals surface area (Å²) in [5, 5.41) is 0.527. The predicted molar refractivity (Wildman–Crippen MR) is 124 cm³/mol.